The SMILES string of the molecule is Brc1cc(COC2CCNC2)ccn1. The zero-order chi connectivity index (χ0) is 9.80. The third-order valence-corrected chi connectivity index (χ3v) is 2.73. The lowest BCUT2D eigenvalue weighted by atomic mass is 10.3. The summed E-state index contributed by atoms with van der Waals surface area (Å²) in [5.74, 6) is 0. The van der Waals surface area contributed by atoms with E-state index in [9.17, 15) is 0 Å². The molecule has 1 atom stereocenters. The van der Waals surface area contributed by atoms with Gasteiger partial charge in [0.2, 0.25) is 0 Å². The molecule has 0 spiro atoms. The van der Waals surface area contributed by atoms with Crippen molar-refractivity contribution in [2.24, 2.45) is 0 Å². The van der Waals surface area contributed by atoms with Crippen molar-refractivity contribution < 1.29 is 4.74 Å². The van der Waals surface area contributed by atoms with Crippen LogP contribution < -0.4 is 5.32 Å². The summed E-state index contributed by atoms with van der Waals surface area (Å²) in [6.45, 7) is 2.73. The standard InChI is InChI=1S/C10H13BrN2O/c11-10-5-8(1-4-13-10)7-14-9-2-3-12-6-9/h1,4-5,9,12H,2-3,6-7H2. The Labute approximate surface area is 92.0 Å². The van der Waals surface area contributed by atoms with Crippen molar-refractivity contribution in [1.29, 1.82) is 0 Å². The summed E-state index contributed by atoms with van der Waals surface area (Å²) in [4.78, 5) is 4.07. The van der Waals surface area contributed by atoms with Gasteiger partial charge in [0, 0.05) is 12.7 Å². The van der Waals surface area contributed by atoms with E-state index in [0.717, 1.165) is 24.1 Å². The Morgan fingerprint density at radius 1 is 1.64 bits per heavy atom. The minimum atomic E-state index is 0.377. The van der Waals surface area contributed by atoms with E-state index < -0.39 is 0 Å². The van der Waals surface area contributed by atoms with Crippen LogP contribution >= 0.6 is 15.9 Å². The van der Waals surface area contributed by atoms with Gasteiger partial charge in [0.25, 0.3) is 0 Å². The number of hydrogen-bond acceptors (Lipinski definition) is 3. The molecule has 0 bridgehead atoms. The molecule has 2 rings (SSSR count). The van der Waals surface area contributed by atoms with Crippen LogP contribution in [0.1, 0.15) is 12.0 Å². The molecule has 76 valence electrons. The summed E-state index contributed by atoms with van der Waals surface area (Å²) >= 11 is 3.34. The van der Waals surface area contributed by atoms with Crippen LogP contribution in [-0.2, 0) is 11.3 Å². The first-order valence-electron chi connectivity index (χ1n) is 4.77. The van der Waals surface area contributed by atoms with Gasteiger partial charge in [-0.2, -0.15) is 0 Å². The highest BCUT2D eigenvalue weighted by molar-refractivity contribution is 9.10. The number of hydrogen-bond donors (Lipinski definition) is 1. The number of pyridine rings is 1. The average Bonchev–Trinajstić information content (AvgIpc) is 2.67. The maximum Gasteiger partial charge on any atom is 0.106 e. The summed E-state index contributed by atoms with van der Waals surface area (Å²) in [5.41, 5.74) is 1.17. The van der Waals surface area contributed by atoms with Gasteiger partial charge in [0.15, 0.2) is 0 Å². The summed E-state index contributed by atoms with van der Waals surface area (Å²) < 4.78 is 6.60. The minimum Gasteiger partial charge on any atom is -0.372 e. The van der Waals surface area contributed by atoms with Crippen molar-refractivity contribution in [3.05, 3.63) is 28.5 Å². The molecule has 4 heteroatoms. The highest BCUT2D eigenvalue weighted by Gasteiger charge is 2.14. The lowest BCUT2D eigenvalue weighted by Gasteiger charge is -2.10. The van der Waals surface area contributed by atoms with Crippen molar-refractivity contribution in [2.45, 2.75) is 19.1 Å². The third-order valence-electron chi connectivity index (χ3n) is 2.29. The number of rotatable bonds is 3. The van der Waals surface area contributed by atoms with Crippen LogP contribution in [-0.4, -0.2) is 24.2 Å². The number of nitrogens with one attached hydrogen (secondary N) is 1. The van der Waals surface area contributed by atoms with Crippen molar-refractivity contribution in [3.8, 4) is 0 Å². The van der Waals surface area contributed by atoms with E-state index in [1.807, 2.05) is 12.1 Å². The van der Waals surface area contributed by atoms with Crippen LogP contribution in [0.2, 0.25) is 0 Å². The van der Waals surface area contributed by atoms with Gasteiger partial charge in [-0.15, -0.1) is 0 Å². The second kappa shape index (κ2) is 4.87. The lowest BCUT2D eigenvalue weighted by Crippen LogP contribution is -2.16. The van der Waals surface area contributed by atoms with E-state index in [4.69, 9.17) is 4.74 Å². The topological polar surface area (TPSA) is 34.1 Å². The molecular formula is C10H13BrN2O. The molecule has 0 aromatic carbocycles. The maximum absolute atomic E-state index is 5.73. The molecule has 3 nitrogen and oxygen atoms in total. The molecule has 1 N–H and O–H groups in total. The number of ether oxygens (including phenoxy) is 1. The van der Waals surface area contributed by atoms with Gasteiger partial charge in [0.05, 0.1) is 12.7 Å². The fourth-order valence-corrected chi connectivity index (χ4v) is 1.93. The van der Waals surface area contributed by atoms with Gasteiger partial charge >= 0.3 is 0 Å². The summed E-state index contributed by atoms with van der Waals surface area (Å²) in [5, 5.41) is 3.27. The second-order valence-electron chi connectivity index (χ2n) is 3.41. The first kappa shape index (κ1) is 10.1. The highest BCUT2D eigenvalue weighted by Crippen LogP contribution is 2.11. The lowest BCUT2D eigenvalue weighted by molar-refractivity contribution is 0.0541. The van der Waals surface area contributed by atoms with E-state index in [2.05, 4.69) is 26.2 Å². The van der Waals surface area contributed by atoms with E-state index >= 15 is 0 Å². The van der Waals surface area contributed by atoms with Crippen LogP contribution in [0.25, 0.3) is 0 Å². The Kier molecular flexibility index (Phi) is 3.50. The quantitative estimate of drug-likeness (QED) is 0.837. The monoisotopic (exact) mass is 256 g/mol. The van der Waals surface area contributed by atoms with E-state index in [1.54, 1.807) is 6.20 Å². The first-order chi connectivity index (χ1) is 6.84. The molecule has 1 fully saturated rings. The Morgan fingerprint density at radius 2 is 2.57 bits per heavy atom. The summed E-state index contributed by atoms with van der Waals surface area (Å²) in [7, 11) is 0. The molecule has 1 aromatic rings. The zero-order valence-corrected chi connectivity index (χ0v) is 9.46. The molecule has 14 heavy (non-hydrogen) atoms. The van der Waals surface area contributed by atoms with Crippen LogP contribution in [0.15, 0.2) is 22.9 Å². The Morgan fingerprint density at radius 3 is 3.29 bits per heavy atom. The van der Waals surface area contributed by atoms with Gasteiger partial charge in [0.1, 0.15) is 4.60 Å². The van der Waals surface area contributed by atoms with Crippen LogP contribution in [0.5, 0.6) is 0 Å². The average molecular weight is 257 g/mol. The molecule has 0 saturated carbocycles. The molecule has 1 aromatic heterocycles. The van der Waals surface area contributed by atoms with Crippen molar-refractivity contribution >= 4 is 15.9 Å². The molecule has 2 heterocycles. The molecular weight excluding hydrogens is 244 g/mol. The second-order valence-corrected chi connectivity index (χ2v) is 4.23. The summed E-state index contributed by atoms with van der Waals surface area (Å²) in [6.07, 6.45) is 3.28. The van der Waals surface area contributed by atoms with Gasteiger partial charge < -0.3 is 10.1 Å². The fraction of sp³-hybridized carbons (Fsp3) is 0.500. The molecule has 1 saturated heterocycles. The summed E-state index contributed by atoms with van der Waals surface area (Å²) in [6, 6.07) is 3.97. The molecule has 1 aliphatic heterocycles. The van der Waals surface area contributed by atoms with Crippen LogP contribution in [0.3, 0.4) is 0 Å². The van der Waals surface area contributed by atoms with Crippen LogP contribution in [0, 0.1) is 0 Å². The number of halogens is 1. The zero-order valence-electron chi connectivity index (χ0n) is 7.87. The van der Waals surface area contributed by atoms with Crippen LogP contribution in [0.4, 0.5) is 0 Å². The van der Waals surface area contributed by atoms with E-state index in [0.29, 0.717) is 12.7 Å². The number of nitrogens with zero attached hydrogens (tertiary/aromatic N) is 1. The largest absolute Gasteiger partial charge is 0.372 e. The van der Waals surface area contributed by atoms with Gasteiger partial charge in [-0.1, -0.05) is 0 Å². The normalized spacial score (nSPS) is 21.4. The van der Waals surface area contributed by atoms with E-state index in [-0.39, 0.29) is 0 Å². The molecule has 0 radical (unpaired) electrons. The predicted octanol–water partition coefficient (Wildman–Crippen LogP) is 1.72. The van der Waals surface area contributed by atoms with E-state index in [1.165, 1.54) is 5.56 Å². The Balaban J connectivity index is 1.85. The fourth-order valence-electron chi connectivity index (χ4n) is 1.52. The molecule has 1 aliphatic rings. The third kappa shape index (κ3) is 2.77. The highest BCUT2D eigenvalue weighted by atomic mass is 79.9. The van der Waals surface area contributed by atoms with Crippen molar-refractivity contribution in [2.75, 3.05) is 13.1 Å². The van der Waals surface area contributed by atoms with Gasteiger partial charge in [-0.05, 0) is 46.6 Å². The Bertz CT molecular complexity index is 300. The first-order valence-corrected chi connectivity index (χ1v) is 5.56. The Hall–Kier alpha value is -0.450. The minimum absolute atomic E-state index is 0.377. The smallest absolute Gasteiger partial charge is 0.106 e. The maximum atomic E-state index is 5.73. The molecule has 1 unspecified atom stereocenters. The van der Waals surface area contributed by atoms with Crippen molar-refractivity contribution in [1.82, 2.24) is 10.3 Å². The van der Waals surface area contributed by atoms with Crippen molar-refractivity contribution in [3.63, 3.8) is 0 Å². The predicted molar refractivity (Wildman–Crippen MR) is 58.0 cm³/mol. The number of aromatic nitrogens is 1. The molecule has 0 amide bonds. The van der Waals surface area contributed by atoms with Gasteiger partial charge in [-0.3, -0.25) is 0 Å². The van der Waals surface area contributed by atoms with Gasteiger partial charge in [-0.25, -0.2) is 4.98 Å². The molecule has 0 aliphatic carbocycles.